The summed E-state index contributed by atoms with van der Waals surface area (Å²) in [5, 5.41) is 14.2. The minimum absolute atomic E-state index is 0.162. The normalized spacial score (nSPS) is 21.3. The van der Waals surface area contributed by atoms with E-state index in [1.54, 1.807) is 0 Å². The molecule has 0 unspecified atom stereocenters. The summed E-state index contributed by atoms with van der Waals surface area (Å²) in [5.74, 6) is -0.850. The van der Waals surface area contributed by atoms with Crippen LogP contribution >= 0.6 is 0 Å². The van der Waals surface area contributed by atoms with E-state index in [-0.39, 0.29) is 23.1 Å². The van der Waals surface area contributed by atoms with Crippen LogP contribution < -0.4 is 16.1 Å². The fraction of sp³-hybridized carbons (Fsp3) is 0.471. The second-order valence-corrected chi connectivity index (χ2v) is 6.46. The summed E-state index contributed by atoms with van der Waals surface area (Å²) in [6, 6.07) is 3.72. The Labute approximate surface area is 139 Å². The number of carbonyl (C=O) groups is 3. The van der Waals surface area contributed by atoms with Crippen molar-refractivity contribution < 1.29 is 19.6 Å². The summed E-state index contributed by atoms with van der Waals surface area (Å²) in [4.78, 5) is 36.4. The van der Waals surface area contributed by atoms with E-state index >= 15 is 0 Å². The van der Waals surface area contributed by atoms with Gasteiger partial charge in [-0.05, 0) is 30.5 Å². The summed E-state index contributed by atoms with van der Waals surface area (Å²) in [6.45, 7) is 0. The lowest BCUT2D eigenvalue weighted by atomic mass is 9.84. The molecule has 0 radical (unpaired) electrons. The van der Waals surface area contributed by atoms with Gasteiger partial charge in [0.2, 0.25) is 5.91 Å². The first-order valence-electron chi connectivity index (χ1n) is 8.28. The molecule has 0 aromatic heterocycles. The Morgan fingerprint density at radius 2 is 1.96 bits per heavy atom. The maximum absolute atomic E-state index is 12.5. The van der Waals surface area contributed by atoms with Crippen molar-refractivity contribution in [1.29, 1.82) is 0 Å². The molecule has 24 heavy (non-hydrogen) atoms. The number of fused-ring (bicyclic) bond motifs is 1. The highest BCUT2D eigenvalue weighted by Crippen LogP contribution is 2.29. The van der Waals surface area contributed by atoms with Gasteiger partial charge in [-0.1, -0.05) is 32.1 Å². The van der Waals surface area contributed by atoms with E-state index in [0.717, 1.165) is 12.8 Å². The Morgan fingerprint density at radius 3 is 2.67 bits per heavy atom. The molecule has 1 heterocycles. The van der Waals surface area contributed by atoms with E-state index in [1.165, 1.54) is 42.9 Å². The first kappa shape index (κ1) is 16.4. The monoisotopic (exact) mass is 331 g/mol. The second kappa shape index (κ2) is 7.00. The number of rotatable bonds is 3. The van der Waals surface area contributed by atoms with Crippen LogP contribution in [0.15, 0.2) is 18.2 Å². The number of hydrogen-bond donors (Lipinski definition) is 4. The zero-order chi connectivity index (χ0) is 17.1. The molecule has 3 amide bonds. The highest BCUT2D eigenvalue weighted by molar-refractivity contribution is 6.11. The lowest BCUT2D eigenvalue weighted by Crippen LogP contribution is -2.42. The third-order valence-corrected chi connectivity index (χ3v) is 4.80. The van der Waals surface area contributed by atoms with Gasteiger partial charge >= 0.3 is 0 Å². The molecule has 1 aliphatic heterocycles. The Bertz CT molecular complexity index is 668. The predicted octanol–water partition coefficient (Wildman–Crippen LogP) is 1.83. The molecular formula is C17H21N3O4. The zero-order valence-corrected chi connectivity index (χ0v) is 13.3. The molecule has 1 saturated carbocycles. The quantitative estimate of drug-likeness (QED) is 0.500. The number of carbonyl (C=O) groups excluding carboxylic acids is 3. The van der Waals surface area contributed by atoms with Crippen molar-refractivity contribution in [3.63, 3.8) is 0 Å². The van der Waals surface area contributed by atoms with E-state index in [9.17, 15) is 14.4 Å². The van der Waals surface area contributed by atoms with Crippen molar-refractivity contribution in [3.8, 4) is 0 Å². The van der Waals surface area contributed by atoms with Gasteiger partial charge in [0.15, 0.2) is 0 Å². The van der Waals surface area contributed by atoms with Gasteiger partial charge in [-0.3, -0.25) is 19.6 Å². The molecule has 128 valence electrons. The lowest BCUT2D eigenvalue weighted by molar-refractivity contribution is -0.118. The molecule has 1 aliphatic carbocycles. The standard InChI is InChI=1S/C17H21N3O4/c21-15(20-24)11-6-7-12-13(9-11)18-17(23)14(19-16(12)22)8-10-4-2-1-3-5-10/h6-7,9-10,14,24H,1-5,8H2,(H,18,23)(H,19,22)(H,20,21)/t14-/m1/s1. The van der Waals surface area contributed by atoms with E-state index in [0.29, 0.717) is 17.9 Å². The number of nitrogens with one attached hydrogen (secondary N) is 3. The van der Waals surface area contributed by atoms with Crippen LogP contribution in [0.2, 0.25) is 0 Å². The highest BCUT2D eigenvalue weighted by atomic mass is 16.5. The zero-order valence-electron chi connectivity index (χ0n) is 13.3. The largest absolute Gasteiger partial charge is 0.340 e. The van der Waals surface area contributed by atoms with Crippen LogP contribution in [0.5, 0.6) is 0 Å². The first-order chi connectivity index (χ1) is 11.6. The van der Waals surface area contributed by atoms with E-state index in [1.807, 2.05) is 0 Å². The minimum Gasteiger partial charge on any atom is -0.340 e. The SMILES string of the molecule is O=C(NO)c1ccc2c(c1)NC(=O)[C@@H](CC1CCCCC1)NC2=O. The molecule has 0 spiro atoms. The van der Waals surface area contributed by atoms with Gasteiger partial charge in [0.25, 0.3) is 11.8 Å². The number of benzene rings is 1. The first-order valence-corrected chi connectivity index (χ1v) is 8.28. The molecule has 3 rings (SSSR count). The van der Waals surface area contributed by atoms with Gasteiger partial charge in [0, 0.05) is 5.56 Å². The summed E-state index contributed by atoms with van der Waals surface area (Å²) in [7, 11) is 0. The van der Waals surface area contributed by atoms with Crippen molar-refractivity contribution >= 4 is 23.4 Å². The predicted molar refractivity (Wildman–Crippen MR) is 86.8 cm³/mol. The maximum atomic E-state index is 12.5. The maximum Gasteiger partial charge on any atom is 0.274 e. The third kappa shape index (κ3) is 3.41. The Hall–Kier alpha value is -2.41. The minimum atomic E-state index is -0.699. The van der Waals surface area contributed by atoms with Crippen LogP contribution in [0.4, 0.5) is 5.69 Å². The fourth-order valence-corrected chi connectivity index (χ4v) is 3.49. The average Bonchev–Trinajstić information content (AvgIpc) is 2.71. The van der Waals surface area contributed by atoms with Crippen LogP contribution in [0.3, 0.4) is 0 Å². The van der Waals surface area contributed by atoms with Gasteiger partial charge in [-0.15, -0.1) is 0 Å². The third-order valence-electron chi connectivity index (χ3n) is 4.80. The summed E-state index contributed by atoms with van der Waals surface area (Å²) >= 11 is 0. The molecule has 7 heteroatoms. The van der Waals surface area contributed by atoms with Crippen LogP contribution in [0.1, 0.15) is 59.2 Å². The molecule has 4 N–H and O–H groups in total. The second-order valence-electron chi connectivity index (χ2n) is 6.46. The van der Waals surface area contributed by atoms with Crippen molar-refractivity contribution in [2.75, 3.05) is 5.32 Å². The number of hydrogen-bond acceptors (Lipinski definition) is 4. The van der Waals surface area contributed by atoms with Gasteiger partial charge in [0.1, 0.15) is 6.04 Å². The van der Waals surface area contributed by atoms with Crippen molar-refractivity contribution in [2.45, 2.75) is 44.6 Å². The lowest BCUT2D eigenvalue weighted by Gasteiger charge is -2.25. The van der Waals surface area contributed by atoms with Gasteiger partial charge in [0.05, 0.1) is 11.3 Å². The Kier molecular flexibility index (Phi) is 4.80. The van der Waals surface area contributed by atoms with Crippen LogP contribution in [-0.4, -0.2) is 29.0 Å². The summed E-state index contributed by atoms with van der Waals surface area (Å²) in [5.41, 5.74) is 2.29. The van der Waals surface area contributed by atoms with Gasteiger partial charge in [-0.25, -0.2) is 5.48 Å². The molecule has 1 fully saturated rings. The Morgan fingerprint density at radius 1 is 1.21 bits per heavy atom. The number of amides is 3. The van der Waals surface area contributed by atoms with Gasteiger partial charge in [-0.2, -0.15) is 0 Å². The van der Waals surface area contributed by atoms with E-state index in [4.69, 9.17) is 5.21 Å². The number of hydroxylamine groups is 1. The van der Waals surface area contributed by atoms with E-state index in [2.05, 4.69) is 10.6 Å². The van der Waals surface area contributed by atoms with Gasteiger partial charge < -0.3 is 10.6 Å². The Balaban J connectivity index is 1.79. The van der Waals surface area contributed by atoms with Crippen LogP contribution in [0.25, 0.3) is 0 Å². The van der Waals surface area contributed by atoms with Crippen molar-refractivity contribution in [1.82, 2.24) is 10.8 Å². The summed E-state index contributed by atoms with van der Waals surface area (Å²) < 4.78 is 0. The smallest absolute Gasteiger partial charge is 0.274 e. The molecule has 7 nitrogen and oxygen atoms in total. The van der Waals surface area contributed by atoms with Crippen LogP contribution in [-0.2, 0) is 4.79 Å². The average molecular weight is 331 g/mol. The molecular weight excluding hydrogens is 310 g/mol. The highest BCUT2D eigenvalue weighted by Gasteiger charge is 2.30. The molecule has 0 bridgehead atoms. The summed E-state index contributed by atoms with van der Waals surface area (Å²) in [6.07, 6.45) is 6.40. The van der Waals surface area contributed by atoms with E-state index < -0.39 is 11.9 Å². The molecule has 1 atom stereocenters. The molecule has 0 saturated heterocycles. The number of anilines is 1. The van der Waals surface area contributed by atoms with Crippen molar-refractivity contribution in [2.24, 2.45) is 5.92 Å². The van der Waals surface area contributed by atoms with Crippen LogP contribution in [0, 0.1) is 5.92 Å². The fourth-order valence-electron chi connectivity index (χ4n) is 3.49. The molecule has 2 aliphatic rings. The molecule has 1 aromatic carbocycles. The van der Waals surface area contributed by atoms with Crippen molar-refractivity contribution in [3.05, 3.63) is 29.3 Å². The topological polar surface area (TPSA) is 108 Å². The molecule has 1 aromatic rings.